The van der Waals surface area contributed by atoms with Crippen LogP contribution in [0.1, 0.15) is 10.4 Å². The van der Waals surface area contributed by atoms with Gasteiger partial charge in [-0.3, -0.25) is 4.79 Å². The lowest BCUT2D eigenvalue weighted by atomic mass is 10.2. The molecule has 0 atom stereocenters. The highest BCUT2D eigenvalue weighted by molar-refractivity contribution is 5.93. The Bertz CT molecular complexity index is 557. The number of hydrogen-bond donors (Lipinski definition) is 1. The molecule has 20 heavy (non-hydrogen) atoms. The fourth-order valence-electron chi connectivity index (χ4n) is 1.76. The van der Waals surface area contributed by atoms with Crippen LogP contribution in [0.25, 0.3) is 0 Å². The van der Waals surface area contributed by atoms with Gasteiger partial charge in [0.2, 0.25) is 5.95 Å². The summed E-state index contributed by atoms with van der Waals surface area (Å²) < 4.78 is 12.6. The average molecular weight is 273 g/mol. The van der Waals surface area contributed by atoms with Crippen molar-refractivity contribution >= 4 is 11.6 Å². The van der Waals surface area contributed by atoms with Crippen molar-refractivity contribution < 1.29 is 9.18 Å². The molecule has 104 valence electrons. The van der Waals surface area contributed by atoms with E-state index in [-0.39, 0.29) is 5.91 Å². The van der Waals surface area contributed by atoms with Gasteiger partial charge < -0.3 is 10.2 Å². The van der Waals surface area contributed by atoms with Gasteiger partial charge in [0.15, 0.2) is 0 Å². The lowest BCUT2D eigenvalue weighted by Crippen LogP contribution is -2.33. The molecule has 0 aliphatic rings. The maximum atomic E-state index is 12.6. The summed E-state index contributed by atoms with van der Waals surface area (Å²) in [6, 6.07) is 12.5. The molecule has 0 saturated heterocycles. The molecule has 2 rings (SSSR count). The molecule has 4 nitrogen and oxygen atoms in total. The summed E-state index contributed by atoms with van der Waals surface area (Å²) >= 11 is 0. The predicted octanol–water partition coefficient (Wildman–Crippen LogP) is 2.09. The molecule has 0 fully saturated rings. The topological polar surface area (TPSA) is 45.2 Å². The van der Waals surface area contributed by atoms with E-state index in [1.54, 1.807) is 0 Å². The van der Waals surface area contributed by atoms with Crippen molar-refractivity contribution in [2.24, 2.45) is 0 Å². The van der Waals surface area contributed by atoms with Gasteiger partial charge in [-0.2, -0.15) is 4.39 Å². The van der Waals surface area contributed by atoms with Crippen LogP contribution in [0.15, 0.2) is 48.7 Å². The third-order valence-corrected chi connectivity index (χ3v) is 2.92. The molecule has 1 aromatic heterocycles. The highest BCUT2D eigenvalue weighted by atomic mass is 19.1. The lowest BCUT2D eigenvalue weighted by molar-refractivity contribution is 0.0954. The standard InChI is InChI=1S/C15H16FN3O/c1-19(13-5-3-2-4-6-13)10-9-17-15(20)12-7-8-14(16)18-11-12/h2-8,11H,9-10H2,1H3,(H,17,20). The highest BCUT2D eigenvalue weighted by Crippen LogP contribution is 2.09. The fraction of sp³-hybridized carbons (Fsp3) is 0.200. The number of amides is 1. The number of anilines is 1. The largest absolute Gasteiger partial charge is 0.373 e. The number of carbonyl (C=O) groups is 1. The Kier molecular flexibility index (Phi) is 4.65. The Morgan fingerprint density at radius 1 is 1.25 bits per heavy atom. The molecule has 0 spiro atoms. The number of rotatable bonds is 5. The van der Waals surface area contributed by atoms with Gasteiger partial charge in [-0.25, -0.2) is 4.98 Å². The minimum Gasteiger partial charge on any atom is -0.373 e. The van der Waals surface area contributed by atoms with Gasteiger partial charge >= 0.3 is 0 Å². The zero-order valence-electron chi connectivity index (χ0n) is 11.2. The predicted molar refractivity (Wildman–Crippen MR) is 76.2 cm³/mol. The van der Waals surface area contributed by atoms with Crippen molar-refractivity contribution in [3.8, 4) is 0 Å². The zero-order valence-corrected chi connectivity index (χ0v) is 11.2. The molecule has 0 unspecified atom stereocenters. The number of carbonyl (C=O) groups excluding carboxylic acids is 1. The summed E-state index contributed by atoms with van der Waals surface area (Å²) in [7, 11) is 1.96. The first kappa shape index (κ1) is 14.0. The minimum absolute atomic E-state index is 0.251. The molecule has 1 heterocycles. The van der Waals surface area contributed by atoms with E-state index in [0.717, 1.165) is 5.69 Å². The second-order valence-corrected chi connectivity index (χ2v) is 4.38. The number of nitrogens with one attached hydrogen (secondary N) is 1. The van der Waals surface area contributed by atoms with Crippen LogP contribution in [0.3, 0.4) is 0 Å². The summed E-state index contributed by atoms with van der Waals surface area (Å²) in [6.45, 7) is 1.19. The van der Waals surface area contributed by atoms with Crippen molar-refractivity contribution in [2.45, 2.75) is 0 Å². The SMILES string of the molecule is CN(CCNC(=O)c1ccc(F)nc1)c1ccccc1. The maximum Gasteiger partial charge on any atom is 0.252 e. The van der Waals surface area contributed by atoms with E-state index in [2.05, 4.69) is 10.3 Å². The molecule has 2 aromatic rings. The van der Waals surface area contributed by atoms with Gasteiger partial charge in [-0.05, 0) is 24.3 Å². The summed E-state index contributed by atoms with van der Waals surface area (Å²) in [5.41, 5.74) is 1.44. The van der Waals surface area contributed by atoms with Gasteiger partial charge in [0, 0.05) is 32.0 Å². The Balaban J connectivity index is 1.81. The van der Waals surface area contributed by atoms with Gasteiger partial charge in [0.05, 0.1) is 5.56 Å². The first-order chi connectivity index (χ1) is 9.66. The number of halogens is 1. The molecule has 1 aromatic carbocycles. The molecule has 1 N–H and O–H groups in total. The van der Waals surface area contributed by atoms with E-state index in [1.807, 2.05) is 42.3 Å². The van der Waals surface area contributed by atoms with E-state index in [9.17, 15) is 9.18 Å². The normalized spacial score (nSPS) is 10.1. The second kappa shape index (κ2) is 6.65. The minimum atomic E-state index is -0.592. The molecule has 0 aliphatic heterocycles. The van der Waals surface area contributed by atoms with Gasteiger partial charge in [-0.1, -0.05) is 18.2 Å². The van der Waals surface area contributed by atoms with E-state index in [0.29, 0.717) is 18.7 Å². The Morgan fingerprint density at radius 2 is 2.00 bits per heavy atom. The number of pyridine rings is 1. The molecule has 0 aliphatic carbocycles. The molecular formula is C15H16FN3O. The third-order valence-electron chi connectivity index (χ3n) is 2.92. The summed E-state index contributed by atoms with van der Waals surface area (Å²) in [6.07, 6.45) is 1.23. The Hall–Kier alpha value is -2.43. The van der Waals surface area contributed by atoms with Crippen LogP contribution < -0.4 is 10.2 Å². The summed E-state index contributed by atoms with van der Waals surface area (Å²) in [5.74, 6) is -0.843. The first-order valence-electron chi connectivity index (χ1n) is 6.33. The zero-order chi connectivity index (χ0) is 14.4. The lowest BCUT2D eigenvalue weighted by Gasteiger charge is -2.19. The third kappa shape index (κ3) is 3.78. The molecule has 1 amide bonds. The van der Waals surface area contributed by atoms with Crippen molar-refractivity contribution in [1.82, 2.24) is 10.3 Å². The smallest absolute Gasteiger partial charge is 0.252 e. The number of likely N-dealkylation sites (N-methyl/N-ethyl adjacent to an activating group) is 1. The molecule has 5 heteroatoms. The number of hydrogen-bond acceptors (Lipinski definition) is 3. The summed E-state index contributed by atoms with van der Waals surface area (Å²) in [5, 5.41) is 2.78. The summed E-state index contributed by atoms with van der Waals surface area (Å²) in [4.78, 5) is 17.3. The highest BCUT2D eigenvalue weighted by Gasteiger charge is 2.06. The van der Waals surface area contributed by atoms with Crippen molar-refractivity contribution in [3.63, 3.8) is 0 Å². The van der Waals surface area contributed by atoms with Gasteiger partial charge in [0.25, 0.3) is 5.91 Å². The molecule has 0 radical (unpaired) electrons. The van der Waals surface area contributed by atoms with Crippen molar-refractivity contribution in [1.29, 1.82) is 0 Å². The molecular weight excluding hydrogens is 257 g/mol. The van der Waals surface area contributed by atoms with Gasteiger partial charge in [0.1, 0.15) is 0 Å². The van der Waals surface area contributed by atoms with Gasteiger partial charge in [-0.15, -0.1) is 0 Å². The van der Waals surface area contributed by atoms with E-state index < -0.39 is 5.95 Å². The van der Waals surface area contributed by atoms with Crippen LogP contribution in [-0.2, 0) is 0 Å². The maximum absolute atomic E-state index is 12.6. The monoisotopic (exact) mass is 273 g/mol. The number of para-hydroxylation sites is 1. The average Bonchev–Trinajstić information content (AvgIpc) is 2.48. The van der Waals surface area contributed by atoms with Crippen molar-refractivity contribution in [3.05, 3.63) is 60.2 Å². The number of aromatic nitrogens is 1. The van der Waals surface area contributed by atoms with Crippen molar-refractivity contribution in [2.75, 3.05) is 25.0 Å². The van der Waals surface area contributed by atoms with Crippen LogP contribution in [0.5, 0.6) is 0 Å². The van der Waals surface area contributed by atoms with E-state index in [1.165, 1.54) is 18.3 Å². The van der Waals surface area contributed by atoms with Crippen LogP contribution >= 0.6 is 0 Å². The van der Waals surface area contributed by atoms with Crippen LogP contribution in [0, 0.1) is 5.95 Å². The Labute approximate surface area is 117 Å². The molecule has 0 saturated carbocycles. The van der Waals surface area contributed by atoms with Crippen LogP contribution in [-0.4, -0.2) is 31.0 Å². The first-order valence-corrected chi connectivity index (χ1v) is 6.33. The van der Waals surface area contributed by atoms with Crippen LogP contribution in [0.2, 0.25) is 0 Å². The second-order valence-electron chi connectivity index (χ2n) is 4.38. The van der Waals surface area contributed by atoms with Crippen LogP contribution in [0.4, 0.5) is 10.1 Å². The molecule has 0 bridgehead atoms. The van der Waals surface area contributed by atoms with E-state index in [4.69, 9.17) is 0 Å². The Morgan fingerprint density at radius 3 is 2.65 bits per heavy atom. The quantitative estimate of drug-likeness (QED) is 0.848. The number of nitrogens with zero attached hydrogens (tertiary/aromatic N) is 2. The number of benzene rings is 1. The van der Waals surface area contributed by atoms with E-state index >= 15 is 0 Å². The fourth-order valence-corrected chi connectivity index (χ4v) is 1.76.